The summed E-state index contributed by atoms with van der Waals surface area (Å²) in [5.41, 5.74) is 8.27. The number of piperidine rings is 2. The molecule has 2 aliphatic heterocycles. The molecule has 28 heavy (non-hydrogen) atoms. The lowest BCUT2D eigenvalue weighted by Crippen LogP contribution is -2.43. The van der Waals surface area contributed by atoms with Crippen molar-refractivity contribution in [2.75, 3.05) is 26.2 Å². The van der Waals surface area contributed by atoms with Gasteiger partial charge in [-0.15, -0.1) is 0 Å². The number of carbonyl (C=O) groups excluding carboxylic acids is 1. The maximum atomic E-state index is 12.6. The number of hydrogen-bond acceptors (Lipinski definition) is 4. The van der Waals surface area contributed by atoms with Gasteiger partial charge in [0.05, 0.1) is 0 Å². The molecule has 0 spiro atoms. The van der Waals surface area contributed by atoms with E-state index in [1.807, 2.05) is 23.1 Å². The van der Waals surface area contributed by atoms with Crippen LogP contribution < -0.4 is 5.73 Å². The number of nitrogens with two attached hydrogens (primary N) is 1. The standard InChI is InChI=1S/C22H34N4O2/c1-17-10-14-26(15-11-17)22(27)18(2)28-24-21(23)20-9-5-4-8-19(20)16-25-12-6-3-7-13-25/h4-5,8-9,17-18H,3,6-7,10-16H2,1-2H3,(H2,23,24). The Kier molecular flexibility index (Phi) is 7.31. The van der Waals surface area contributed by atoms with Crippen LogP contribution >= 0.6 is 0 Å². The van der Waals surface area contributed by atoms with Gasteiger partial charge in [-0.2, -0.15) is 0 Å². The Morgan fingerprint density at radius 2 is 1.86 bits per heavy atom. The Balaban J connectivity index is 1.60. The molecule has 0 radical (unpaired) electrons. The van der Waals surface area contributed by atoms with E-state index in [0.29, 0.717) is 11.8 Å². The second-order valence-corrected chi connectivity index (χ2v) is 8.23. The highest BCUT2D eigenvalue weighted by Gasteiger charge is 2.25. The molecule has 2 heterocycles. The Labute approximate surface area is 168 Å². The lowest BCUT2D eigenvalue weighted by molar-refractivity contribution is -0.143. The number of carbonyl (C=O) groups is 1. The minimum Gasteiger partial charge on any atom is -0.381 e. The van der Waals surface area contributed by atoms with Crippen molar-refractivity contribution >= 4 is 11.7 Å². The van der Waals surface area contributed by atoms with Crippen molar-refractivity contribution < 1.29 is 9.63 Å². The van der Waals surface area contributed by atoms with Crippen molar-refractivity contribution in [3.63, 3.8) is 0 Å². The number of hydrogen-bond donors (Lipinski definition) is 1. The minimum atomic E-state index is -0.624. The van der Waals surface area contributed by atoms with Gasteiger partial charge in [0.15, 0.2) is 5.84 Å². The Morgan fingerprint density at radius 3 is 2.57 bits per heavy atom. The fraction of sp³-hybridized carbons (Fsp3) is 0.636. The van der Waals surface area contributed by atoms with Crippen LogP contribution in [-0.2, 0) is 16.2 Å². The van der Waals surface area contributed by atoms with E-state index in [-0.39, 0.29) is 5.91 Å². The van der Waals surface area contributed by atoms with Crippen LogP contribution in [0.15, 0.2) is 29.4 Å². The van der Waals surface area contributed by atoms with Gasteiger partial charge < -0.3 is 15.5 Å². The zero-order valence-corrected chi connectivity index (χ0v) is 17.3. The lowest BCUT2D eigenvalue weighted by Gasteiger charge is -2.31. The van der Waals surface area contributed by atoms with Crippen molar-refractivity contribution in [2.45, 2.75) is 58.6 Å². The van der Waals surface area contributed by atoms with Gasteiger partial charge in [0.25, 0.3) is 5.91 Å². The summed E-state index contributed by atoms with van der Waals surface area (Å²) in [5, 5.41) is 4.11. The molecule has 0 aliphatic carbocycles. The number of amides is 1. The number of rotatable bonds is 6. The molecule has 1 atom stereocenters. The molecule has 1 unspecified atom stereocenters. The molecule has 154 valence electrons. The molecule has 6 heteroatoms. The van der Waals surface area contributed by atoms with Gasteiger partial charge in [0.1, 0.15) is 0 Å². The van der Waals surface area contributed by atoms with Crippen molar-refractivity contribution in [1.29, 1.82) is 0 Å². The van der Waals surface area contributed by atoms with Crippen LogP contribution in [0.4, 0.5) is 0 Å². The first-order valence-electron chi connectivity index (χ1n) is 10.6. The zero-order chi connectivity index (χ0) is 19.9. The molecule has 1 aromatic rings. The molecular formula is C22H34N4O2. The molecule has 0 saturated carbocycles. The summed E-state index contributed by atoms with van der Waals surface area (Å²) < 4.78 is 0. The molecule has 0 aromatic heterocycles. The first kappa shape index (κ1) is 20.6. The number of amidine groups is 1. The van der Waals surface area contributed by atoms with E-state index >= 15 is 0 Å². The van der Waals surface area contributed by atoms with Crippen molar-refractivity contribution in [2.24, 2.45) is 16.8 Å². The number of oxime groups is 1. The normalized spacial score (nSPS) is 20.8. The number of likely N-dealkylation sites (tertiary alicyclic amines) is 2. The molecular weight excluding hydrogens is 352 g/mol. The van der Waals surface area contributed by atoms with E-state index in [9.17, 15) is 4.79 Å². The van der Waals surface area contributed by atoms with E-state index in [1.165, 1.54) is 19.3 Å². The molecule has 2 fully saturated rings. The molecule has 1 aromatic carbocycles. The van der Waals surface area contributed by atoms with Crippen molar-refractivity contribution in [3.8, 4) is 0 Å². The predicted molar refractivity (Wildman–Crippen MR) is 112 cm³/mol. The Morgan fingerprint density at radius 1 is 1.18 bits per heavy atom. The van der Waals surface area contributed by atoms with Crippen LogP contribution in [0, 0.1) is 5.92 Å². The summed E-state index contributed by atoms with van der Waals surface area (Å²) in [6.07, 6.45) is 5.30. The van der Waals surface area contributed by atoms with Crippen molar-refractivity contribution in [3.05, 3.63) is 35.4 Å². The quantitative estimate of drug-likeness (QED) is 0.464. The third kappa shape index (κ3) is 5.47. The third-order valence-electron chi connectivity index (χ3n) is 5.89. The van der Waals surface area contributed by atoms with Gasteiger partial charge in [-0.25, -0.2) is 0 Å². The summed E-state index contributed by atoms with van der Waals surface area (Å²) in [6, 6.07) is 8.05. The average molecular weight is 387 g/mol. The summed E-state index contributed by atoms with van der Waals surface area (Å²) in [4.78, 5) is 22.4. The second-order valence-electron chi connectivity index (χ2n) is 8.23. The van der Waals surface area contributed by atoms with Gasteiger partial charge in [-0.05, 0) is 57.2 Å². The maximum absolute atomic E-state index is 12.6. The molecule has 1 amide bonds. The molecule has 2 N–H and O–H groups in total. The summed E-state index contributed by atoms with van der Waals surface area (Å²) >= 11 is 0. The van der Waals surface area contributed by atoms with Crippen LogP contribution in [0.5, 0.6) is 0 Å². The van der Waals surface area contributed by atoms with E-state index in [0.717, 1.165) is 56.7 Å². The van der Waals surface area contributed by atoms with Crippen LogP contribution in [0.2, 0.25) is 0 Å². The van der Waals surface area contributed by atoms with Crippen molar-refractivity contribution in [1.82, 2.24) is 9.80 Å². The van der Waals surface area contributed by atoms with Gasteiger partial charge in [-0.3, -0.25) is 9.69 Å². The topological polar surface area (TPSA) is 71.2 Å². The predicted octanol–water partition coefficient (Wildman–Crippen LogP) is 2.96. The van der Waals surface area contributed by atoms with Crippen LogP contribution in [0.25, 0.3) is 0 Å². The van der Waals surface area contributed by atoms with E-state index in [1.54, 1.807) is 6.92 Å². The zero-order valence-electron chi connectivity index (χ0n) is 17.3. The van der Waals surface area contributed by atoms with Crippen LogP contribution in [0.3, 0.4) is 0 Å². The van der Waals surface area contributed by atoms with Gasteiger partial charge in [0.2, 0.25) is 6.10 Å². The van der Waals surface area contributed by atoms with Crippen LogP contribution in [0.1, 0.15) is 57.1 Å². The first-order chi connectivity index (χ1) is 13.5. The van der Waals surface area contributed by atoms with E-state index in [2.05, 4.69) is 23.0 Å². The van der Waals surface area contributed by atoms with Gasteiger partial charge in [-0.1, -0.05) is 42.8 Å². The largest absolute Gasteiger partial charge is 0.381 e. The highest BCUT2D eigenvalue weighted by atomic mass is 16.6. The molecule has 6 nitrogen and oxygen atoms in total. The van der Waals surface area contributed by atoms with Gasteiger partial charge >= 0.3 is 0 Å². The third-order valence-corrected chi connectivity index (χ3v) is 5.89. The molecule has 0 bridgehead atoms. The summed E-state index contributed by atoms with van der Waals surface area (Å²) in [7, 11) is 0. The van der Waals surface area contributed by atoms with E-state index < -0.39 is 6.10 Å². The fourth-order valence-corrected chi connectivity index (χ4v) is 3.98. The first-order valence-corrected chi connectivity index (χ1v) is 10.6. The summed E-state index contributed by atoms with van der Waals surface area (Å²) in [5.74, 6) is 1.01. The summed E-state index contributed by atoms with van der Waals surface area (Å²) in [6.45, 7) is 8.69. The smallest absolute Gasteiger partial charge is 0.266 e. The lowest BCUT2D eigenvalue weighted by atomic mass is 9.99. The monoisotopic (exact) mass is 386 g/mol. The highest BCUT2D eigenvalue weighted by molar-refractivity contribution is 5.98. The number of nitrogens with zero attached hydrogens (tertiary/aromatic N) is 3. The Bertz CT molecular complexity index is 677. The second kappa shape index (κ2) is 9.92. The van der Waals surface area contributed by atoms with Crippen LogP contribution in [-0.4, -0.2) is 53.8 Å². The van der Waals surface area contributed by atoms with Gasteiger partial charge in [0, 0.05) is 25.2 Å². The SMILES string of the molecule is CC1CCN(C(=O)C(C)O/N=C(/N)c2ccccc2CN2CCCCC2)CC1. The van der Waals surface area contributed by atoms with E-state index in [4.69, 9.17) is 10.6 Å². The minimum absolute atomic E-state index is 0.00921. The fourth-order valence-electron chi connectivity index (χ4n) is 3.98. The molecule has 2 saturated heterocycles. The molecule has 2 aliphatic rings. The maximum Gasteiger partial charge on any atom is 0.266 e. The highest BCUT2D eigenvalue weighted by Crippen LogP contribution is 2.18. The molecule has 3 rings (SSSR count). The average Bonchev–Trinajstić information content (AvgIpc) is 2.73. The Hall–Kier alpha value is -2.08. The number of benzene rings is 1.